The lowest BCUT2D eigenvalue weighted by Gasteiger charge is -2.22. The van der Waals surface area contributed by atoms with E-state index in [2.05, 4.69) is 4.90 Å². The quantitative estimate of drug-likeness (QED) is 0.445. The molecule has 0 atom stereocenters. The number of anilines is 1. The number of para-hydroxylation sites is 1. The SMILES string of the molecule is COc1cc(C(=O)N(CCCN(C)C)c2nc3c(C)cccc3s2)cc(OC)c1OC.Cl. The molecule has 1 amide bonds. The van der Waals surface area contributed by atoms with Crippen LogP contribution in [0, 0.1) is 6.92 Å². The molecule has 0 unspecified atom stereocenters. The fourth-order valence-corrected chi connectivity index (χ4v) is 4.45. The smallest absolute Gasteiger partial charge is 0.260 e. The second-order valence-electron chi connectivity index (χ2n) is 7.45. The minimum absolute atomic E-state index is 0. The molecule has 0 N–H and O–H groups in total. The number of rotatable bonds is 9. The molecule has 32 heavy (non-hydrogen) atoms. The summed E-state index contributed by atoms with van der Waals surface area (Å²) >= 11 is 1.52. The Morgan fingerprint density at radius 3 is 2.22 bits per heavy atom. The van der Waals surface area contributed by atoms with Crippen LogP contribution in [0.3, 0.4) is 0 Å². The normalized spacial score (nSPS) is 10.7. The highest BCUT2D eigenvalue weighted by molar-refractivity contribution is 7.22. The monoisotopic (exact) mass is 479 g/mol. The standard InChI is InChI=1S/C23H29N3O4S.ClH/c1-15-9-7-10-19-20(15)24-23(31-19)26(12-8-11-25(2)3)22(27)16-13-17(28-4)21(30-6)18(14-16)29-5;/h7,9-10,13-14H,8,11-12H2,1-6H3;1H. The predicted octanol–water partition coefficient (Wildman–Crippen LogP) is 4.65. The summed E-state index contributed by atoms with van der Waals surface area (Å²) in [6.07, 6.45) is 0.818. The van der Waals surface area contributed by atoms with Gasteiger partial charge in [-0.05, 0) is 57.7 Å². The van der Waals surface area contributed by atoms with Gasteiger partial charge in [-0.25, -0.2) is 4.98 Å². The highest BCUT2D eigenvalue weighted by Crippen LogP contribution is 2.39. The molecule has 1 aromatic heterocycles. The van der Waals surface area contributed by atoms with E-state index in [4.69, 9.17) is 19.2 Å². The van der Waals surface area contributed by atoms with Crippen LogP contribution in [0.1, 0.15) is 22.3 Å². The average Bonchev–Trinajstić information content (AvgIpc) is 3.20. The maximum absolute atomic E-state index is 13.6. The largest absolute Gasteiger partial charge is 0.493 e. The van der Waals surface area contributed by atoms with Crippen LogP contribution in [-0.2, 0) is 0 Å². The number of amides is 1. The number of aromatic nitrogens is 1. The number of carbonyl (C=O) groups is 1. The van der Waals surface area contributed by atoms with Crippen molar-refractivity contribution in [2.75, 3.05) is 53.4 Å². The molecule has 0 aliphatic carbocycles. The first-order valence-electron chi connectivity index (χ1n) is 10.0. The first-order chi connectivity index (χ1) is 14.9. The van der Waals surface area contributed by atoms with Crippen LogP contribution in [0.25, 0.3) is 10.2 Å². The number of thiazole rings is 1. The molecule has 2 aromatic carbocycles. The number of benzene rings is 2. The Hall–Kier alpha value is -2.55. The van der Waals surface area contributed by atoms with E-state index in [1.165, 1.54) is 25.6 Å². The van der Waals surface area contributed by atoms with E-state index in [9.17, 15) is 4.79 Å². The molecule has 7 nitrogen and oxygen atoms in total. The zero-order valence-electron chi connectivity index (χ0n) is 19.3. The average molecular weight is 480 g/mol. The Bertz CT molecular complexity index is 1050. The third kappa shape index (κ3) is 5.43. The zero-order chi connectivity index (χ0) is 22.5. The lowest BCUT2D eigenvalue weighted by molar-refractivity contribution is 0.0985. The van der Waals surface area contributed by atoms with E-state index in [1.807, 2.05) is 39.2 Å². The second kappa shape index (κ2) is 11.4. The summed E-state index contributed by atoms with van der Waals surface area (Å²) < 4.78 is 17.3. The second-order valence-corrected chi connectivity index (χ2v) is 8.45. The van der Waals surface area contributed by atoms with Gasteiger partial charge in [0.1, 0.15) is 0 Å². The molecular formula is C23H30ClN3O4S. The van der Waals surface area contributed by atoms with Crippen LogP contribution in [0.15, 0.2) is 30.3 Å². The van der Waals surface area contributed by atoms with Gasteiger partial charge in [-0.1, -0.05) is 23.5 Å². The topological polar surface area (TPSA) is 64.1 Å². The van der Waals surface area contributed by atoms with Crippen LogP contribution < -0.4 is 19.1 Å². The Kier molecular flexibility index (Phi) is 9.12. The molecule has 0 bridgehead atoms. The summed E-state index contributed by atoms with van der Waals surface area (Å²) in [5.41, 5.74) is 2.47. The van der Waals surface area contributed by atoms with Crippen LogP contribution >= 0.6 is 23.7 Å². The fourth-order valence-electron chi connectivity index (χ4n) is 3.38. The van der Waals surface area contributed by atoms with Crippen molar-refractivity contribution in [1.82, 2.24) is 9.88 Å². The van der Waals surface area contributed by atoms with Crippen LogP contribution in [0.5, 0.6) is 17.2 Å². The summed E-state index contributed by atoms with van der Waals surface area (Å²) in [5, 5.41) is 0.682. The molecule has 0 aliphatic heterocycles. The van der Waals surface area contributed by atoms with Gasteiger partial charge in [-0.3, -0.25) is 9.69 Å². The van der Waals surface area contributed by atoms with Crippen molar-refractivity contribution >= 4 is 45.0 Å². The van der Waals surface area contributed by atoms with E-state index in [0.717, 1.165) is 28.7 Å². The zero-order valence-corrected chi connectivity index (χ0v) is 20.9. The molecule has 3 rings (SSSR count). The van der Waals surface area contributed by atoms with Gasteiger partial charge in [0.25, 0.3) is 5.91 Å². The highest BCUT2D eigenvalue weighted by Gasteiger charge is 2.24. The number of nitrogens with zero attached hydrogens (tertiary/aromatic N) is 3. The number of fused-ring (bicyclic) bond motifs is 1. The van der Waals surface area contributed by atoms with Gasteiger partial charge in [0.2, 0.25) is 5.75 Å². The third-order valence-corrected chi connectivity index (χ3v) is 6.03. The molecule has 174 valence electrons. The summed E-state index contributed by atoms with van der Waals surface area (Å²) in [5.74, 6) is 1.18. The van der Waals surface area contributed by atoms with Crippen LogP contribution in [-0.4, -0.2) is 64.3 Å². The number of hydrogen-bond donors (Lipinski definition) is 0. The lowest BCUT2D eigenvalue weighted by Crippen LogP contribution is -2.33. The van der Waals surface area contributed by atoms with Gasteiger partial charge in [-0.2, -0.15) is 0 Å². The summed E-state index contributed by atoms with van der Waals surface area (Å²) in [4.78, 5) is 22.3. The molecule has 1 heterocycles. The minimum Gasteiger partial charge on any atom is -0.493 e. The fraction of sp³-hybridized carbons (Fsp3) is 0.391. The van der Waals surface area contributed by atoms with Crippen LogP contribution in [0.2, 0.25) is 0 Å². The van der Waals surface area contributed by atoms with E-state index in [0.29, 0.717) is 34.5 Å². The lowest BCUT2D eigenvalue weighted by atomic mass is 10.1. The van der Waals surface area contributed by atoms with Gasteiger partial charge in [0, 0.05) is 12.1 Å². The molecule has 0 saturated carbocycles. The highest BCUT2D eigenvalue weighted by atomic mass is 35.5. The molecule has 0 aliphatic rings. The maximum atomic E-state index is 13.6. The number of aryl methyl sites for hydroxylation is 1. The van der Waals surface area contributed by atoms with Crippen molar-refractivity contribution in [1.29, 1.82) is 0 Å². The van der Waals surface area contributed by atoms with Gasteiger partial charge in [0.05, 0.1) is 31.5 Å². The Morgan fingerprint density at radius 2 is 1.69 bits per heavy atom. The molecule has 0 saturated heterocycles. The number of hydrogen-bond acceptors (Lipinski definition) is 7. The first-order valence-corrected chi connectivity index (χ1v) is 10.8. The van der Waals surface area contributed by atoms with E-state index < -0.39 is 0 Å². The Balaban J connectivity index is 0.00000363. The van der Waals surface area contributed by atoms with Crippen molar-refractivity contribution < 1.29 is 19.0 Å². The maximum Gasteiger partial charge on any atom is 0.260 e. The number of methoxy groups -OCH3 is 3. The van der Waals surface area contributed by atoms with Gasteiger partial charge >= 0.3 is 0 Å². The van der Waals surface area contributed by atoms with E-state index in [1.54, 1.807) is 24.1 Å². The summed E-state index contributed by atoms with van der Waals surface area (Å²) in [6.45, 7) is 3.44. The molecule has 0 spiro atoms. The number of halogens is 1. The van der Waals surface area contributed by atoms with Crippen molar-refractivity contribution in [3.8, 4) is 17.2 Å². The summed E-state index contributed by atoms with van der Waals surface area (Å²) in [7, 11) is 8.66. The van der Waals surface area contributed by atoms with Crippen molar-refractivity contribution in [2.24, 2.45) is 0 Å². The van der Waals surface area contributed by atoms with Gasteiger partial charge in [-0.15, -0.1) is 12.4 Å². The van der Waals surface area contributed by atoms with E-state index >= 15 is 0 Å². The van der Waals surface area contributed by atoms with Crippen LogP contribution in [0.4, 0.5) is 5.13 Å². The van der Waals surface area contributed by atoms with Crippen molar-refractivity contribution in [2.45, 2.75) is 13.3 Å². The molecule has 9 heteroatoms. The molecule has 0 radical (unpaired) electrons. The van der Waals surface area contributed by atoms with Gasteiger partial charge in [0.15, 0.2) is 16.6 Å². The van der Waals surface area contributed by atoms with Crippen molar-refractivity contribution in [3.63, 3.8) is 0 Å². The summed E-state index contributed by atoms with van der Waals surface area (Å²) in [6, 6.07) is 9.44. The van der Waals surface area contributed by atoms with E-state index in [-0.39, 0.29) is 18.3 Å². The molecular weight excluding hydrogens is 450 g/mol. The predicted molar refractivity (Wildman–Crippen MR) is 133 cm³/mol. The molecule has 0 fully saturated rings. The first kappa shape index (κ1) is 25.7. The van der Waals surface area contributed by atoms with Crippen molar-refractivity contribution in [3.05, 3.63) is 41.5 Å². The number of carbonyl (C=O) groups excluding carboxylic acids is 1. The Morgan fingerprint density at radius 1 is 1.03 bits per heavy atom. The molecule has 3 aromatic rings. The minimum atomic E-state index is -0.158. The van der Waals surface area contributed by atoms with Gasteiger partial charge < -0.3 is 19.1 Å². The Labute approximate surface area is 199 Å². The number of ether oxygens (including phenoxy) is 3. The third-order valence-electron chi connectivity index (χ3n) is 4.98.